The molecule has 2 aromatic rings. The maximum Gasteiger partial charge on any atom is 0.326 e. The monoisotopic (exact) mass is 453 g/mol. The fraction of sp³-hybridized carbons (Fsp3) is 0.632. The van der Waals surface area contributed by atoms with Crippen LogP contribution in [0.25, 0.3) is 11.2 Å². The van der Waals surface area contributed by atoms with Gasteiger partial charge >= 0.3 is 5.97 Å². The van der Waals surface area contributed by atoms with Crippen molar-refractivity contribution < 1.29 is 18.9 Å². The predicted octanol–water partition coefficient (Wildman–Crippen LogP) is 2.82. The highest BCUT2D eigenvalue weighted by atomic mass is 31.2. The Balaban J connectivity index is 2.02. The van der Waals surface area contributed by atoms with Crippen LogP contribution in [0.3, 0.4) is 0 Å². The van der Waals surface area contributed by atoms with Gasteiger partial charge in [-0.2, -0.15) is 0 Å². The van der Waals surface area contributed by atoms with E-state index in [2.05, 4.69) is 25.2 Å². The molecule has 3 N–H and O–H groups in total. The SMILES string of the molecule is CC(C)=NOP(CO[C@H](C)Cn1cnc2c(N)ncnc21)NC(C)(C)C(=O)OC(C)C. The van der Waals surface area contributed by atoms with Gasteiger partial charge in [0.1, 0.15) is 23.7 Å². The topological polar surface area (TPSA) is 139 Å². The Morgan fingerprint density at radius 2 is 2.00 bits per heavy atom. The van der Waals surface area contributed by atoms with Gasteiger partial charge in [-0.25, -0.2) is 20.0 Å². The van der Waals surface area contributed by atoms with Gasteiger partial charge in [0.15, 0.2) is 11.5 Å². The molecule has 2 aromatic heterocycles. The zero-order valence-electron chi connectivity index (χ0n) is 19.1. The van der Waals surface area contributed by atoms with Crippen molar-refractivity contribution in [3.8, 4) is 0 Å². The Hall–Kier alpha value is -2.36. The van der Waals surface area contributed by atoms with Crippen LogP contribution in [0.1, 0.15) is 48.5 Å². The maximum atomic E-state index is 12.4. The molecule has 1 unspecified atom stereocenters. The molecule has 0 bridgehead atoms. The van der Waals surface area contributed by atoms with Gasteiger partial charge in [0, 0.05) is 0 Å². The largest absolute Gasteiger partial charge is 0.462 e. The maximum absolute atomic E-state index is 12.4. The van der Waals surface area contributed by atoms with Gasteiger partial charge < -0.3 is 24.4 Å². The van der Waals surface area contributed by atoms with Gasteiger partial charge in [-0.3, -0.25) is 4.79 Å². The number of fused-ring (bicyclic) bond motifs is 1. The first-order chi connectivity index (χ1) is 14.5. The van der Waals surface area contributed by atoms with Gasteiger partial charge in [-0.05, 0) is 48.5 Å². The van der Waals surface area contributed by atoms with Crippen LogP contribution in [0, 0.1) is 0 Å². The van der Waals surface area contributed by atoms with Crippen LogP contribution < -0.4 is 10.8 Å². The molecule has 2 heterocycles. The molecule has 2 rings (SSSR count). The molecule has 2 atom stereocenters. The summed E-state index contributed by atoms with van der Waals surface area (Å²) in [7, 11) is -1.41. The van der Waals surface area contributed by atoms with E-state index >= 15 is 0 Å². The molecule has 12 heteroatoms. The van der Waals surface area contributed by atoms with Crippen LogP contribution >= 0.6 is 8.30 Å². The van der Waals surface area contributed by atoms with Crippen molar-refractivity contribution in [2.24, 2.45) is 5.16 Å². The van der Waals surface area contributed by atoms with Crippen molar-refractivity contribution in [2.45, 2.75) is 72.8 Å². The number of hydrogen-bond acceptors (Lipinski definition) is 10. The zero-order valence-corrected chi connectivity index (χ0v) is 20.0. The first kappa shape index (κ1) is 24.9. The number of aromatic nitrogens is 4. The minimum Gasteiger partial charge on any atom is -0.462 e. The summed E-state index contributed by atoms with van der Waals surface area (Å²) in [5, 5.41) is 7.22. The van der Waals surface area contributed by atoms with E-state index in [9.17, 15) is 4.79 Å². The molecule has 11 nitrogen and oxygen atoms in total. The molecule has 0 aliphatic carbocycles. The summed E-state index contributed by atoms with van der Waals surface area (Å²) in [4.78, 5) is 24.9. The summed E-state index contributed by atoms with van der Waals surface area (Å²) in [5.74, 6) is -0.0345. The van der Waals surface area contributed by atoms with E-state index in [1.165, 1.54) is 6.33 Å². The number of nitrogens with one attached hydrogen (secondary N) is 1. The number of rotatable bonds is 11. The average molecular weight is 453 g/mol. The van der Waals surface area contributed by atoms with Crippen LogP contribution in [0.4, 0.5) is 5.82 Å². The molecule has 172 valence electrons. The Labute approximate surface area is 183 Å². The van der Waals surface area contributed by atoms with E-state index in [4.69, 9.17) is 19.8 Å². The number of anilines is 1. The van der Waals surface area contributed by atoms with E-state index in [0.29, 0.717) is 23.5 Å². The van der Waals surface area contributed by atoms with Crippen molar-refractivity contribution in [3.63, 3.8) is 0 Å². The molecule has 0 aromatic carbocycles. The molecule has 0 saturated heterocycles. The van der Waals surface area contributed by atoms with E-state index in [1.54, 1.807) is 34.0 Å². The van der Waals surface area contributed by atoms with Gasteiger partial charge in [-0.15, -0.1) is 0 Å². The second-order valence-corrected chi connectivity index (χ2v) is 9.53. The van der Waals surface area contributed by atoms with E-state index in [0.717, 1.165) is 5.71 Å². The number of imidazole rings is 1. The summed E-state index contributed by atoms with van der Waals surface area (Å²) in [6.07, 6.45) is 2.87. The van der Waals surface area contributed by atoms with Gasteiger partial charge in [0.25, 0.3) is 0 Å². The van der Waals surface area contributed by atoms with E-state index in [-0.39, 0.29) is 24.5 Å². The van der Waals surface area contributed by atoms with Crippen LogP contribution in [0.2, 0.25) is 0 Å². The quantitative estimate of drug-likeness (QED) is 0.227. The molecular weight excluding hydrogens is 421 g/mol. The van der Waals surface area contributed by atoms with Crippen molar-refractivity contribution >= 4 is 37.0 Å². The van der Waals surface area contributed by atoms with Crippen molar-refractivity contribution in [3.05, 3.63) is 12.7 Å². The number of ether oxygens (including phenoxy) is 2. The third kappa shape index (κ3) is 7.37. The third-order valence-corrected chi connectivity index (χ3v) is 5.41. The number of carbonyl (C=O) groups excluding carboxylic acids is 1. The molecule has 0 saturated carbocycles. The standard InChI is InChI=1S/C19H32N7O4P/c1-12(2)24-30-31(25-19(6,7)18(27)29-13(3)4)11-28-14(5)8-26-10-23-15-16(20)21-9-22-17(15)26/h9-10,13-14,25H,8,11H2,1-7H3,(H2,20,21,22)/t14-,31?/m1/s1. The molecular formula is C19H32N7O4P. The fourth-order valence-corrected chi connectivity index (χ4v) is 4.00. The number of nitrogens with two attached hydrogens (primary N) is 1. The summed E-state index contributed by atoms with van der Waals surface area (Å²) >= 11 is 0. The number of esters is 1. The molecule has 0 fully saturated rings. The highest BCUT2D eigenvalue weighted by Crippen LogP contribution is 2.36. The van der Waals surface area contributed by atoms with Crippen molar-refractivity contribution in [1.82, 2.24) is 24.6 Å². The lowest BCUT2D eigenvalue weighted by atomic mass is 10.1. The lowest BCUT2D eigenvalue weighted by molar-refractivity contribution is -0.153. The van der Waals surface area contributed by atoms with Crippen molar-refractivity contribution in [2.75, 3.05) is 12.1 Å². The first-order valence-corrected chi connectivity index (χ1v) is 11.4. The Kier molecular flexibility index (Phi) is 8.67. The van der Waals surface area contributed by atoms with Crippen LogP contribution in [0.5, 0.6) is 0 Å². The molecule has 0 amide bonds. The minimum atomic E-state index is -1.41. The molecule has 0 radical (unpaired) electrons. The summed E-state index contributed by atoms with van der Waals surface area (Å²) in [5.41, 5.74) is 6.83. The molecule has 0 spiro atoms. The molecule has 31 heavy (non-hydrogen) atoms. The third-order valence-electron chi connectivity index (χ3n) is 3.94. The zero-order chi connectivity index (χ0) is 23.2. The lowest BCUT2D eigenvalue weighted by Gasteiger charge is -2.29. The average Bonchev–Trinajstić information content (AvgIpc) is 3.07. The Morgan fingerprint density at radius 1 is 1.29 bits per heavy atom. The second-order valence-electron chi connectivity index (χ2n) is 8.12. The predicted molar refractivity (Wildman–Crippen MR) is 120 cm³/mol. The normalized spacial score (nSPS) is 13.8. The summed E-state index contributed by atoms with van der Waals surface area (Å²) < 4.78 is 18.8. The highest BCUT2D eigenvalue weighted by molar-refractivity contribution is 7.50. The van der Waals surface area contributed by atoms with Crippen LogP contribution in [0.15, 0.2) is 17.8 Å². The lowest BCUT2D eigenvalue weighted by Crippen LogP contribution is -2.46. The fourth-order valence-electron chi connectivity index (χ4n) is 2.48. The van der Waals surface area contributed by atoms with Crippen LogP contribution in [-0.4, -0.2) is 55.3 Å². The van der Waals surface area contributed by atoms with E-state index in [1.807, 2.05) is 25.3 Å². The molecule has 0 aliphatic rings. The number of nitrogens with zero attached hydrogens (tertiary/aromatic N) is 5. The summed E-state index contributed by atoms with van der Waals surface area (Å²) in [6.45, 7) is 13.2. The minimum absolute atomic E-state index is 0.193. The van der Waals surface area contributed by atoms with Gasteiger partial charge in [0.05, 0.1) is 30.8 Å². The summed E-state index contributed by atoms with van der Waals surface area (Å²) in [6, 6.07) is 0. The smallest absolute Gasteiger partial charge is 0.326 e. The number of nitrogen functional groups attached to an aromatic ring is 1. The second kappa shape index (κ2) is 10.8. The number of oxime groups is 1. The Morgan fingerprint density at radius 3 is 2.65 bits per heavy atom. The number of carbonyl (C=O) groups is 1. The Bertz CT molecular complexity index is 912. The van der Waals surface area contributed by atoms with E-state index < -0.39 is 13.8 Å². The van der Waals surface area contributed by atoms with Crippen molar-refractivity contribution in [1.29, 1.82) is 0 Å². The van der Waals surface area contributed by atoms with Gasteiger partial charge in [-0.1, -0.05) is 5.16 Å². The number of hydrogen-bond donors (Lipinski definition) is 2. The van der Waals surface area contributed by atoms with Crippen LogP contribution in [-0.2, 0) is 25.4 Å². The molecule has 0 aliphatic heterocycles. The van der Waals surface area contributed by atoms with Gasteiger partial charge in [0.2, 0.25) is 8.30 Å². The first-order valence-electron chi connectivity index (χ1n) is 9.97. The highest BCUT2D eigenvalue weighted by Gasteiger charge is 2.34.